The van der Waals surface area contributed by atoms with Gasteiger partial charge in [0.05, 0.1) is 30.0 Å². The van der Waals surface area contributed by atoms with Crippen LogP contribution in [0.2, 0.25) is 0 Å². The number of halogens is 1. The van der Waals surface area contributed by atoms with Gasteiger partial charge in [0.2, 0.25) is 0 Å². The smallest absolute Gasteiger partial charge is 0.338 e. The number of hydrogen-bond donors (Lipinski definition) is 0. The van der Waals surface area contributed by atoms with Gasteiger partial charge in [0, 0.05) is 13.1 Å². The van der Waals surface area contributed by atoms with E-state index >= 15 is 0 Å². The predicted molar refractivity (Wildman–Crippen MR) is 135 cm³/mol. The third kappa shape index (κ3) is 5.63. The molecule has 0 saturated heterocycles. The van der Waals surface area contributed by atoms with E-state index in [9.17, 15) is 9.59 Å². The summed E-state index contributed by atoms with van der Waals surface area (Å²) in [6.45, 7) is 9.08. The number of aromatic nitrogens is 1. The number of carbonyl (C=O) groups is 2. The number of anilines is 1. The van der Waals surface area contributed by atoms with Crippen molar-refractivity contribution in [2.75, 3.05) is 45.3 Å². The monoisotopic (exact) mass is 491 g/mol. The lowest BCUT2D eigenvalue weighted by molar-refractivity contribution is 0.0597. The molecule has 0 spiro atoms. The average Bonchev–Trinajstić information content (AvgIpc) is 3.27. The summed E-state index contributed by atoms with van der Waals surface area (Å²) in [7, 11) is 2.92. The first-order chi connectivity index (χ1) is 15.4. The van der Waals surface area contributed by atoms with Crippen LogP contribution in [-0.4, -0.2) is 62.2 Å². The van der Waals surface area contributed by atoms with E-state index < -0.39 is 5.97 Å². The van der Waals surface area contributed by atoms with Crippen molar-refractivity contribution in [2.45, 2.75) is 20.8 Å². The van der Waals surface area contributed by atoms with Gasteiger partial charge >= 0.3 is 5.97 Å². The van der Waals surface area contributed by atoms with Gasteiger partial charge < -0.3 is 14.4 Å². The fraction of sp³-hybridized carbons (Fsp3) is 0.375. The lowest BCUT2D eigenvalue weighted by Crippen LogP contribution is -2.39. The molecule has 1 heterocycles. The van der Waals surface area contributed by atoms with Gasteiger partial charge in [0.15, 0.2) is 5.13 Å². The van der Waals surface area contributed by atoms with Crippen LogP contribution in [0.1, 0.15) is 40.1 Å². The van der Waals surface area contributed by atoms with Crippen LogP contribution in [0.3, 0.4) is 0 Å². The van der Waals surface area contributed by atoms with Crippen molar-refractivity contribution in [3.63, 3.8) is 0 Å². The zero-order valence-electron chi connectivity index (χ0n) is 19.6. The Hall–Kier alpha value is -2.68. The molecule has 0 saturated carbocycles. The predicted octanol–water partition coefficient (Wildman–Crippen LogP) is 4.81. The number of thiazole rings is 1. The SMILES string of the molecule is CCN(CC)CCN(C(=O)c1ccccc1C(=O)OC)c1nc2c(OC)ccc(C)c2s1.Cl. The van der Waals surface area contributed by atoms with Crippen molar-refractivity contribution in [2.24, 2.45) is 0 Å². The lowest BCUT2D eigenvalue weighted by atomic mass is 10.1. The number of ether oxygens (including phenoxy) is 2. The number of methoxy groups -OCH3 is 2. The van der Waals surface area contributed by atoms with Crippen molar-refractivity contribution in [3.05, 3.63) is 53.1 Å². The quantitative estimate of drug-likeness (QED) is 0.400. The number of aryl methyl sites for hydroxylation is 1. The number of nitrogens with zero attached hydrogens (tertiary/aromatic N) is 3. The third-order valence-corrected chi connectivity index (χ3v) is 6.70. The Kier molecular flexibility index (Phi) is 9.64. The molecule has 0 atom stereocenters. The van der Waals surface area contributed by atoms with E-state index in [1.165, 1.54) is 18.4 Å². The maximum absolute atomic E-state index is 13.7. The molecule has 0 aliphatic carbocycles. The summed E-state index contributed by atoms with van der Waals surface area (Å²) in [6, 6.07) is 10.6. The average molecular weight is 492 g/mol. The van der Waals surface area contributed by atoms with Gasteiger partial charge in [-0.2, -0.15) is 0 Å². The summed E-state index contributed by atoms with van der Waals surface area (Å²) in [5.74, 6) is -0.160. The van der Waals surface area contributed by atoms with Gasteiger partial charge in [-0.25, -0.2) is 9.78 Å². The number of benzene rings is 2. The summed E-state index contributed by atoms with van der Waals surface area (Å²) in [5, 5.41) is 0.574. The number of rotatable bonds is 9. The molecule has 7 nitrogen and oxygen atoms in total. The molecule has 0 fully saturated rings. The van der Waals surface area contributed by atoms with Crippen molar-refractivity contribution >= 4 is 51.0 Å². The lowest BCUT2D eigenvalue weighted by Gasteiger charge is -2.25. The molecule has 9 heteroatoms. The van der Waals surface area contributed by atoms with Gasteiger partial charge in [-0.15, -0.1) is 12.4 Å². The number of likely N-dealkylation sites (N-methyl/N-ethyl adjacent to an activating group) is 1. The molecule has 0 radical (unpaired) electrons. The zero-order valence-corrected chi connectivity index (χ0v) is 21.2. The van der Waals surface area contributed by atoms with Crippen LogP contribution >= 0.6 is 23.7 Å². The minimum Gasteiger partial charge on any atom is -0.494 e. The summed E-state index contributed by atoms with van der Waals surface area (Å²) >= 11 is 1.45. The number of fused-ring (bicyclic) bond motifs is 1. The molecular formula is C24H30ClN3O4S. The van der Waals surface area contributed by atoms with E-state index in [-0.39, 0.29) is 23.9 Å². The molecule has 0 aliphatic heterocycles. The molecule has 2 aromatic carbocycles. The topological polar surface area (TPSA) is 72.0 Å². The standard InChI is InChI=1S/C24H29N3O4S.ClH/c1-6-26(7-2)14-15-27(22(28)17-10-8-9-11-18(17)23(29)31-5)24-25-20-19(30-4)13-12-16(3)21(20)32-24;/h8-13H,6-7,14-15H2,1-5H3;1H. The molecule has 3 rings (SSSR count). The Morgan fingerprint density at radius 3 is 2.27 bits per heavy atom. The number of amides is 1. The largest absolute Gasteiger partial charge is 0.494 e. The Bertz CT molecular complexity index is 1110. The van der Waals surface area contributed by atoms with Crippen LogP contribution in [0, 0.1) is 6.92 Å². The second-order valence-electron chi connectivity index (χ2n) is 7.28. The molecule has 0 bridgehead atoms. The summed E-state index contributed by atoms with van der Waals surface area (Å²) in [6.07, 6.45) is 0. The first-order valence-corrected chi connectivity index (χ1v) is 11.4. The fourth-order valence-corrected chi connectivity index (χ4v) is 4.62. The molecule has 33 heavy (non-hydrogen) atoms. The van der Waals surface area contributed by atoms with E-state index in [0.717, 1.165) is 28.9 Å². The summed E-state index contributed by atoms with van der Waals surface area (Å²) < 4.78 is 11.4. The minimum atomic E-state index is -0.542. The van der Waals surface area contributed by atoms with Gasteiger partial charge in [-0.1, -0.05) is 43.4 Å². The minimum absolute atomic E-state index is 0. The number of hydrogen-bond acceptors (Lipinski definition) is 7. The highest BCUT2D eigenvalue weighted by Gasteiger charge is 2.26. The van der Waals surface area contributed by atoms with Gasteiger partial charge in [-0.05, 0) is 43.8 Å². The highest BCUT2D eigenvalue weighted by atomic mass is 35.5. The van der Waals surface area contributed by atoms with Crippen LogP contribution in [-0.2, 0) is 4.74 Å². The summed E-state index contributed by atoms with van der Waals surface area (Å²) in [4.78, 5) is 34.7. The Balaban J connectivity index is 0.00000385. The third-order valence-electron chi connectivity index (χ3n) is 5.49. The van der Waals surface area contributed by atoms with Gasteiger partial charge in [0.25, 0.3) is 5.91 Å². The molecule has 1 amide bonds. The fourth-order valence-electron chi connectivity index (χ4n) is 3.55. The van der Waals surface area contributed by atoms with E-state index in [2.05, 4.69) is 18.7 Å². The maximum Gasteiger partial charge on any atom is 0.338 e. The number of carbonyl (C=O) groups excluding carboxylic acids is 2. The normalized spacial score (nSPS) is 10.7. The van der Waals surface area contributed by atoms with E-state index in [4.69, 9.17) is 14.5 Å². The van der Waals surface area contributed by atoms with Gasteiger partial charge in [-0.3, -0.25) is 9.69 Å². The molecule has 0 aliphatic rings. The number of esters is 1. The Morgan fingerprint density at radius 1 is 1.00 bits per heavy atom. The molecular weight excluding hydrogens is 462 g/mol. The Morgan fingerprint density at radius 2 is 1.67 bits per heavy atom. The molecule has 1 aromatic heterocycles. The van der Waals surface area contributed by atoms with Crippen LogP contribution in [0.15, 0.2) is 36.4 Å². The molecule has 0 unspecified atom stereocenters. The summed E-state index contributed by atoms with van der Waals surface area (Å²) in [5.41, 5.74) is 2.33. The van der Waals surface area contributed by atoms with Crippen molar-refractivity contribution < 1.29 is 19.1 Å². The highest BCUT2D eigenvalue weighted by Crippen LogP contribution is 2.37. The van der Waals surface area contributed by atoms with Crippen molar-refractivity contribution in [3.8, 4) is 5.75 Å². The maximum atomic E-state index is 13.7. The zero-order chi connectivity index (χ0) is 23.3. The molecule has 0 N–H and O–H groups in total. The van der Waals surface area contributed by atoms with Crippen molar-refractivity contribution in [1.82, 2.24) is 9.88 Å². The second-order valence-corrected chi connectivity index (χ2v) is 8.26. The Labute approximate surface area is 204 Å². The second kappa shape index (κ2) is 12.0. The molecule has 3 aromatic rings. The van der Waals surface area contributed by atoms with Crippen LogP contribution in [0.4, 0.5) is 5.13 Å². The highest BCUT2D eigenvalue weighted by molar-refractivity contribution is 7.22. The van der Waals surface area contributed by atoms with E-state index in [1.807, 2.05) is 19.1 Å². The van der Waals surface area contributed by atoms with Crippen LogP contribution in [0.5, 0.6) is 5.75 Å². The van der Waals surface area contributed by atoms with Crippen molar-refractivity contribution in [1.29, 1.82) is 0 Å². The van der Waals surface area contributed by atoms with Crippen LogP contribution in [0.25, 0.3) is 10.2 Å². The first-order valence-electron chi connectivity index (χ1n) is 10.6. The van der Waals surface area contributed by atoms with Gasteiger partial charge in [0.1, 0.15) is 11.3 Å². The van der Waals surface area contributed by atoms with E-state index in [1.54, 1.807) is 36.3 Å². The van der Waals surface area contributed by atoms with Crippen LogP contribution < -0.4 is 9.64 Å². The first kappa shape index (κ1) is 26.6. The molecule has 178 valence electrons. The van der Waals surface area contributed by atoms with E-state index in [0.29, 0.717) is 29.5 Å².